The van der Waals surface area contributed by atoms with E-state index in [0.29, 0.717) is 5.56 Å². The summed E-state index contributed by atoms with van der Waals surface area (Å²) in [6.07, 6.45) is -10.7. The number of fused-ring (bicyclic) bond motifs is 5. The highest BCUT2D eigenvalue weighted by Crippen LogP contribution is 2.64. The standard InChI is InChI=1S/C44H54O14/c1-23-28(55-39(52)33(48)27(25-15-11-9-12-16-25)19-31(47)58-40(3,4)5)21-44(53)37(56-38(51)26-17-13-10-14-18-26)35-42(8,36(50)34(49)32(23)41(44,6)7)29(46)20-30-43(35,22-54-30)57-24(2)45/h9-18,27-30,33-35,37,46,48-49,53H,19-22H2,1-8H3/t27-,28-,29-,30?,33+,34+,35-,37-,42+,43-,44+/m0/s1. The number of Topliss-reactive ketones (excluding diaryl/α,β-unsaturated/α-hetero) is 1. The Morgan fingerprint density at radius 2 is 1.55 bits per heavy atom. The third kappa shape index (κ3) is 7.16. The molecule has 2 aromatic carbocycles. The second kappa shape index (κ2) is 15.3. The number of aliphatic hydroxyl groups excluding tert-OH is 3. The predicted octanol–water partition coefficient (Wildman–Crippen LogP) is 3.51. The first kappa shape index (κ1) is 43.1. The van der Waals surface area contributed by atoms with Gasteiger partial charge in [0.25, 0.3) is 0 Å². The molecule has 2 bridgehead atoms. The second-order valence-electron chi connectivity index (χ2n) is 17.8. The number of ether oxygens (including phenoxy) is 5. The van der Waals surface area contributed by atoms with Crippen LogP contribution in [0.2, 0.25) is 0 Å². The molecular weight excluding hydrogens is 752 g/mol. The highest BCUT2D eigenvalue weighted by Gasteiger charge is 2.78. The van der Waals surface area contributed by atoms with Crippen LogP contribution in [-0.2, 0) is 42.9 Å². The third-order valence-corrected chi connectivity index (χ3v) is 12.8. The number of aliphatic hydroxyl groups is 4. The zero-order valence-electron chi connectivity index (χ0n) is 34.1. The van der Waals surface area contributed by atoms with Crippen LogP contribution < -0.4 is 0 Å². The van der Waals surface area contributed by atoms with Gasteiger partial charge in [0.15, 0.2) is 17.5 Å². The largest absolute Gasteiger partial charge is 0.460 e. The van der Waals surface area contributed by atoms with Crippen LogP contribution in [0.25, 0.3) is 0 Å². The van der Waals surface area contributed by atoms with Crippen LogP contribution in [-0.4, -0.2) is 110 Å². The first-order chi connectivity index (χ1) is 27.0. The maximum Gasteiger partial charge on any atom is 0.338 e. The third-order valence-electron chi connectivity index (χ3n) is 12.8. The highest BCUT2D eigenvalue weighted by molar-refractivity contribution is 5.94. The topological polar surface area (TPSA) is 212 Å². The van der Waals surface area contributed by atoms with Crippen molar-refractivity contribution in [2.24, 2.45) is 16.7 Å². The lowest BCUT2D eigenvalue weighted by Crippen LogP contribution is -2.81. The number of carbonyl (C=O) groups excluding carboxylic acids is 5. The molecule has 0 radical (unpaired) electrons. The minimum atomic E-state index is -2.34. The fraction of sp³-hybridized carbons (Fsp3) is 0.568. The molecule has 14 nitrogen and oxygen atoms in total. The van der Waals surface area contributed by atoms with Gasteiger partial charge in [-0.3, -0.25) is 14.4 Å². The number of rotatable bonds is 9. The molecule has 3 aliphatic carbocycles. The van der Waals surface area contributed by atoms with E-state index in [1.54, 1.807) is 83.1 Å². The van der Waals surface area contributed by atoms with Crippen LogP contribution in [0, 0.1) is 16.7 Å². The number of hydrogen-bond donors (Lipinski definition) is 4. The molecule has 6 rings (SSSR count). The summed E-state index contributed by atoms with van der Waals surface area (Å²) in [6.45, 7) is 12.0. The number of benzene rings is 2. The Morgan fingerprint density at radius 1 is 0.948 bits per heavy atom. The van der Waals surface area contributed by atoms with E-state index in [1.807, 2.05) is 0 Å². The zero-order valence-corrected chi connectivity index (χ0v) is 34.1. The predicted molar refractivity (Wildman–Crippen MR) is 205 cm³/mol. The normalized spacial score (nSPS) is 33.8. The van der Waals surface area contributed by atoms with Crippen molar-refractivity contribution in [3.8, 4) is 0 Å². The lowest BCUT2D eigenvalue weighted by molar-refractivity contribution is -0.346. The van der Waals surface area contributed by atoms with Gasteiger partial charge in [0, 0.05) is 31.1 Å². The van der Waals surface area contributed by atoms with Crippen molar-refractivity contribution < 1.29 is 68.1 Å². The smallest absolute Gasteiger partial charge is 0.338 e. The van der Waals surface area contributed by atoms with E-state index in [2.05, 4.69) is 0 Å². The van der Waals surface area contributed by atoms with E-state index >= 15 is 0 Å². The summed E-state index contributed by atoms with van der Waals surface area (Å²) in [5.74, 6) is -7.07. The minimum absolute atomic E-state index is 0.0481. The fourth-order valence-corrected chi connectivity index (χ4v) is 9.82. The van der Waals surface area contributed by atoms with Crippen molar-refractivity contribution in [1.29, 1.82) is 0 Å². The average Bonchev–Trinajstić information content (AvgIpc) is 3.14. The first-order valence-corrected chi connectivity index (χ1v) is 19.6. The molecular formula is C44H54O14. The van der Waals surface area contributed by atoms with Gasteiger partial charge in [-0.15, -0.1) is 0 Å². The van der Waals surface area contributed by atoms with Crippen LogP contribution in [0.4, 0.5) is 0 Å². The molecule has 314 valence electrons. The molecule has 58 heavy (non-hydrogen) atoms. The van der Waals surface area contributed by atoms with Crippen LogP contribution in [0.1, 0.15) is 96.5 Å². The Bertz CT molecular complexity index is 1970. The zero-order chi connectivity index (χ0) is 42.7. The van der Waals surface area contributed by atoms with Crippen molar-refractivity contribution >= 4 is 29.7 Å². The van der Waals surface area contributed by atoms with Gasteiger partial charge in [-0.1, -0.05) is 62.4 Å². The molecule has 1 heterocycles. The first-order valence-electron chi connectivity index (χ1n) is 19.6. The summed E-state index contributed by atoms with van der Waals surface area (Å²) >= 11 is 0. The molecule has 4 aliphatic rings. The van der Waals surface area contributed by atoms with Gasteiger partial charge in [-0.05, 0) is 63.5 Å². The molecule has 0 amide bonds. The molecule has 1 saturated heterocycles. The van der Waals surface area contributed by atoms with Crippen LogP contribution in [0.3, 0.4) is 0 Å². The Morgan fingerprint density at radius 3 is 2.10 bits per heavy atom. The quantitative estimate of drug-likeness (QED) is 0.162. The van der Waals surface area contributed by atoms with E-state index in [9.17, 15) is 44.4 Å². The van der Waals surface area contributed by atoms with Crippen molar-refractivity contribution in [3.05, 3.63) is 82.9 Å². The summed E-state index contributed by atoms with van der Waals surface area (Å²) < 4.78 is 29.7. The van der Waals surface area contributed by atoms with Gasteiger partial charge in [0.05, 0.1) is 36.0 Å². The monoisotopic (exact) mass is 806 g/mol. The molecule has 0 spiro atoms. The lowest BCUT2D eigenvalue weighted by atomic mass is 9.44. The van der Waals surface area contributed by atoms with E-state index in [0.717, 1.165) is 6.92 Å². The number of esters is 4. The summed E-state index contributed by atoms with van der Waals surface area (Å²) in [5.41, 5.74) is -7.87. The fourth-order valence-electron chi connectivity index (χ4n) is 9.82. The Kier molecular flexibility index (Phi) is 11.4. The SMILES string of the molecule is CC(=O)O[C@@]12COC1C[C@H](O)[C@@]1(C)C(=O)[C@H](O)C3=C(C)[C@@H](OC(=O)[C@H](O)[C@@H](CC(=O)OC(C)(C)C)c4ccccc4)C[C@@](O)([C@@H](OC(=O)c4ccccc4)[C@@H]12)C3(C)C. The second-order valence-corrected chi connectivity index (χ2v) is 17.8. The van der Waals surface area contributed by atoms with Crippen molar-refractivity contribution in [1.82, 2.24) is 0 Å². The van der Waals surface area contributed by atoms with Gasteiger partial charge in [-0.2, -0.15) is 0 Å². The molecule has 1 unspecified atom stereocenters. The molecule has 3 fully saturated rings. The molecule has 4 N–H and O–H groups in total. The van der Waals surface area contributed by atoms with Gasteiger partial charge in [-0.25, -0.2) is 9.59 Å². The number of ketones is 1. The van der Waals surface area contributed by atoms with Gasteiger partial charge in [0.1, 0.15) is 35.6 Å². The summed E-state index contributed by atoms with van der Waals surface area (Å²) in [4.78, 5) is 69.1. The van der Waals surface area contributed by atoms with E-state index in [-0.39, 0.29) is 29.7 Å². The molecule has 1 aliphatic heterocycles. The Hall–Kier alpha value is -4.47. The van der Waals surface area contributed by atoms with E-state index in [4.69, 9.17) is 23.7 Å². The molecule has 14 heteroatoms. The average molecular weight is 807 g/mol. The van der Waals surface area contributed by atoms with Crippen molar-refractivity contribution in [3.63, 3.8) is 0 Å². The lowest BCUT2D eigenvalue weighted by Gasteiger charge is -2.67. The molecule has 2 aromatic rings. The number of carbonyl (C=O) groups is 5. The minimum Gasteiger partial charge on any atom is -0.460 e. The maximum atomic E-state index is 15.0. The summed E-state index contributed by atoms with van der Waals surface area (Å²) in [7, 11) is 0. The van der Waals surface area contributed by atoms with Gasteiger partial charge >= 0.3 is 23.9 Å². The van der Waals surface area contributed by atoms with Crippen LogP contribution >= 0.6 is 0 Å². The van der Waals surface area contributed by atoms with Gasteiger partial charge in [0.2, 0.25) is 0 Å². The van der Waals surface area contributed by atoms with Crippen LogP contribution in [0.5, 0.6) is 0 Å². The van der Waals surface area contributed by atoms with E-state index < -0.39 is 119 Å². The maximum absolute atomic E-state index is 15.0. The molecule has 0 aromatic heterocycles. The Balaban J connectivity index is 1.49. The Labute approximate surface area is 337 Å². The van der Waals surface area contributed by atoms with Crippen molar-refractivity contribution in [2.75, 3.05) is 6.61 Å². The summed E-state index contributed by atoms with van der Waals surface area (Å²) in [5, 5.41) is 49.1. The van der Waals surface area contributed by atoms with Crippen LogP contribution in [0.15, 0.2) is 71.8 Å². The van der Waals surface area contributed by atoms with E-state index in [1.165, 1.54) is 26.0 Å². The van der Waals surface area contributed by atoms with Crippen molar-refractivity contribution in [2.45, 2.75) is 134 Å². The number of hydrogen-bond acceptors (Lipinski definition) is 14. The summed E-state index contributed by atoms with van der Waals surface area (Å²) in [6, 6.07) is 16.3. The highest BCUT2D eigenvalue weighted by atomic mass is 16.6. The van der Waals surface area contributed by atoms with Gasteiger partial charge < -0.3 is 44.1 Å². The molecule has 11 atom stereocenters. The molecule has 2 saturated carbocycles.